The summed E-state index contributed by atoms with van der Waals surface area (Å²) in [6, 6.07) is 10.5. The summed E-state index contributed by atoms with van der Waals surface area (Å²) >= 11 is 1.33. The highest BCUT2D eigenvalue weighted by atomic mass is 32.2. The summed E-state index contributed by atoms with van der Waals surface area (Å²) in [6.45, 7) is 5.30. The minimum Gasteiger partial charge on any atom is -0.410 e. The van der Waals surface area contributed by atoms with Crippen molar-refractivity contribution in [1.82, 2.24) is 15.1 Å². The summed E-state index contributed by atoms with van der Waals surface area (Å²) in [7, 11) is 4.15. The van der Waals surface area contributed by atoms with Crippen LogP contribution >= 0.6 is 11.8 Å². The van der Waals surface area contributed by atoms with E-state index in [-0.39, 0.29) is 11.9 Å². The molecule has 27 heavy (non-hydrogen) atoms. The van der Waals surface area contributed by atoms with E-state index >= 15 is 0 Å². The third kappa shape index (κ3) is 5.01. The van der Waals surface area contributed by atoms with Gasteiger partial charge in [-0.2, -0.15) is 0 Å². The second-order valence-electron chi connectivity index (χ2n) is 6.94. The molecule has 1 fully saturated rings. The number of benzene rings is 1. The van der Waals surface area contributed by atoms with E-state index in [2.05, 4.69) is 48.2 Å². The number of nitrogens with zero attached hydrogens (tertiary/aromatic N) is 4. The van der Waals surface area contributed by atoms with E-state index in [9.17, 15) is 4.79 Å². The van der Waals surface area contributed by atoms with Crippen molar-refractivity contribution < 1.29 is 14.1 Å². The second kappa shape index (κ2) is 9.23. The zero-order valence-corrected chi connectivity index (χ0v) is 17.0. The maximum atomic E-state index is 12.5. The van der Waals surface area contributed by atoms with Crippen molar-refractivity contribution in [2.75, 3.05) is 50.9 Å². The second-order valence-corrected chi connectivity index (χ2v) is 7.86. The third-order valence-corrected chi connectivity index (χ3v) is 5.70. The number of thioether (sulfide) groups is 1. The van der Waals surface area contributed by atoms with Crippen LogP contribution in [0.25, 0.3) is 0 Å². The summed E-state index contributed by atoms with van der Waals surface area (Å²) in [6.07, 6.45) is 0.930. The summed E-state index contributed by atoms with van der Waals surface area (Å²) in [5.41, 5.74) is 1.21. The number of aromatic nitrogens is 2. The average molecular weight is 391 g/mol. The Morgan fingerprint density at radius 1 is 1.19 bits per heavy atom. The van der Waals surface area contributed by atoms with Crippen LogP contribution in [0.4, 0.5) is 5.69 Å². The fraction of sp³-hybridized carbons (Fsp3) is 0.526. The molecule has 146 valence electrons. The number of amides is 1. The molecule has 0 saturated carbocycles. The quantitative estimate of drug-likeness (QED) is 0.715. The molecule has 1 aliphatic heterocycles. The van der Waals surface area contributed by atoms with Gasteiger partial charge in [-0.15, -0.1) is 10.2 Å². The number of piperazine rings is 1. The first-order valence-electron chi connectivity index (χ1n) is 9.42. The smallest absolute Gasteiger partial charge is 0.277 e. The predicted octanol–water partition coefficient (Wildman–Crippen LogP) is 1.11. The van der Waals surface area contributed by atoms with Gasteiger partial charge in [0, 0.05) is 38.3 Å². The maximum absolute atomic E-state index is 12.5. The molecule has 2 heterocycles. The van der Waals surface area contributed by atoms with Crippen LogP contribution in [-0.4, -0.2) is 67.0 Å². The molecule has 1 saturated heterocycles. The van der Waals surface area contributed by atoms with Crippen molar-refractivity contribution in [2.24, 2.45) is 0 Å². The number of rotatable bonds is 7. The molecule has 0 unspecified atom stereocenters. The maximum Gasteiger partial charge on any atom is 0.277 e. The van der Waals surface area contributed by atoms with E-state index in [1.165, 1.54) is 22.3 Å². The molecular weight excluding hydrogens is 362 g/mol. The molecule has 0 radical (unpaired) electrons. The van der Waals surface area contributed by atoms with Gasteiger partial charge in [0.1, 0.15) is 0 Å². The molecule has 1 atom stereocenters. The predicted molar refractivity (Wildman–Crippen MR) is 106 cm³/mol. The molecule has 0 spiro atoms. The van der Waals surface area contributed by atoms with Crippen LogP contribution in [0.3, 0.4) is 0 Å². The molecule has 1 amide bonds. The number of hydrogen-bond acceptors (Lipinski definition) is 6. The Balaban J connectivity index is 1.47. The zero-order valence-electron chi connectivity index (χ0n) is 16.2. The molecular formula is C19H28N5O2S+. The first-order valence-corrected chi connectivity index (χ1v) is 10.4. The number of anilines is 1. The van der Waals surface area contributed by atoms with Gasteiger partial charge < -0.3 is 19.1 Å². The van der Waals surface area contributed by atoms with E-state index in [0.717, 1.165) is 32.6 Å². The molecule has 1 aliphatic rings. The number of hydrogen-bond donors (Lipinski definition) is 1. The lowest BCUT2D eigenvalue weighted by Gasteiger charge is -2.36. The Kier molecular flexibility index (Phi) is 6.73. The molecule has 1 aromatic heterocycles. The van der Waals surface area contributed by atoms with Crippen LogP contribution < -0.4 is 9.80 Å². The van der Waals surface area contributed by atoms with Crippen LogP contribution in [-0.2, 0) is 4.79 Å². The van der Waals surface area contributed by atoms with Crippen LogP contribution in [0.1, 0.15) is 25.3 Å². The number of carbonyl (C=O) groups excluding carboxylic acids is 1. The highest BCUT2D eigenvalue weighted by Gasteiger charge is 2.24. The van der Waals surface area contributed by atoms with Gasteiger partial charge in [-0.3, -0.25) is 4.79 Å². The summed E-state index contributed by atoms with van der Waals surface area (Å²) in [4.78, 5) is 18.0. The first kappa shape index (κ1) is 19.7. The summed E-state index contributed by atoms with van der Waals surface area (Å²) in [5, 5.41) is 8.72. The van der Waals surface area contributed by atoms with E-state index in [1.807, 2.05) is 23.1 Å². The van der Waals surface area contributed by atoms with Gasteiger partial charge >= 0.3 is 0 Å². The fourth-order valence-corrected chi connectivity index (χ4v) is 3.99. The van der Waals surface area contributed by atoms with E-state index in [1.54, 1.807) is 0 Å². The van der Waals surface area contributed by atoms with Crippen molar-refractivity contribution in [2.45, 2.75) is 24.6 Å². The van der Waals surface area contributed by atoms with Crippen molar-refractivity contribution >= 4 is 23.4 Å². The lowest BCUT2D eigenvalue weighted by molar-refractivity contribution is -0.894. The third-order valence-electron chi connectivity index (χ3n) is 4.90. The van der Waals surface area contributed by atoms with Crippen LogP contribution in [0, 0.1) is 0 Å². The molecule has 7 nitrogen and oxygen atoms in total. The highest BCUT2D eigenvalue weighted by molar-refractivity contribution is 7.99. The topological polar surface area (TPSA) is 66.9 Å². The van der Waals surface area contributed by atoms with E-state index in [0.29, 0.717) is 16.9 Å². The minimum atomic E-state index is 0.123. The number of nitrogens with one attached hydrogen (secondary N) is 1. The van der Waals surface area contributed by atoms with Crippen molar-refractivity contribution in [3.05, 3.63) is 36.2 Å². The highest BCUT2D eigenvalue weighted by Crippen LogP contribution is 2.21. The lowest BCUT2D eigenvalue weighted by atomic mass is 10.2. The number of quaternary nitrogens is 1. The fourth-order valence-electron chi connectivity index (χ4n) is 3.32. The first-order chi connectivity index (χ1) is 13.1. The van der Waals surface area contributed by atoms with E-state index < -0.39 is 0 Å². The standard InChI is InChI=1S/C19H27N5O2S/c1-4-16(22(2)3)18-20-21-19(26-18)27-14-17(25)24-12-10-23(11-13-24)15-8-6-5-7-9-15/h5-9,16H,4,10-14H2,1-3H3/p+1/t16-/m1/s1. The largest absolute Gasteiger partial charge is 0.410 e. The van der Waals surface area contributed by atoms with Crippen LogP contribution in [0.5, 0.6) is 0 Å². The van der Waals surface area contributed by atoms with Crippen molar-refractivity contribution in [3.8, 4) is 0 Å². The van der Waals surface area contributed by atoms with Gasteiger partial charge in [0.25, 0.3) is 11.1 Å². The minimum absolute atomic E-state index is 0.123. The summed E-state index contributed by atoms with van der Waals surface area (Å²) < 4.78 is 5.75. The van der Waals surface area contributed by atoms with Crippen molar-refractivity contribution in [1.29, 1.82) is 0 Å². The lowest BCUT2D eigenvalue weighted by Crippen LogP contribution is -3.06. The van der Waals surface area contributed by atoms with E-state index in [4.69, 9.17) is 4.42 Å². The average Bonchev–Trinajstić information content (AvgIpc) is 3.16. The van der Waals surface area contributed by atoms with Crippen LogP contribution in [0.2, 0.25) is 0 Å². The summed E-state index contributed by atoms with van der Waals surface area (Å²) in [5.74, 6) is 1.10. The van der Waals surface area contributed by atoms with Crippen LogP contribution in [0.15, 0.2) is 40.0 Å². The Labute approximate surface area is 164 Å². The molecule has 1 N–H and O–H groups in total. The number of carbonyl (C=O) groups is 1. The van der Waals surface area contributed by atoms with Gasteiger partial charge in [0.2, 0.25) is 5.91 Å². The SMILES string of the molecule is CC[C@H](c1nnc(SCC(=O)N2CCN(c3ccccc3)CC2)o1)[NH+](C)C. The van der Waals surface area contributed by atoms with Gasteiger partial charge in [-0.05, 0) is 12.1 Å². The molecule has 8 heteroatoms. The van der Waals surface area contributed by atoms with Crippen molar-refractivity contribution in [3.63, 3.8) is 0 Å². The zero-order chi connectivity index (χ0) is 19.2. The molecule has 3 rings (SSSR count). The Morgan fingerprint density at radius 2 is 1.89 bits per heavy atom. The van der Waals surface area contributed by atoms with Gasteiger partial charge in [-0.25, -0.2) is 0 Å². The molecule has 0 bridgehead atoms. The normalized spacial score (nSPS) is 16.0. The Hall–Kier alpha value is -2.06. The van der Waals surface area contributed by atoms with Gasteiger partial charge in [0.05, 0.1) is 19.8 Å². The molecule has 1 aromatic carbocycles. The Bertz CT molecular complexity index is 729. The monoisotopic (exact) mass is 390 g/mol. The Morgan fingerprint density at radius 3 is 2.52 bits per heavy atom. The molecule has 2 aromatic rings. The molecule has 0 aliphatic carbocycles. The van der Waals surface area contributed by atoms with Gasteiger partial charge in [0.15, 0.2) is 6.04 Å². The number of para-hydroxylation sites is 1. The van der Waals surface area contributed by atoms with Gasteiger partial charge in [-0.1, -0.05) is 36.9 Å².